The first-order valence-electron chi connectivity index (χ1n) is 9.06. The number of para-hydroxylation sites is 2. The Labute approximate surface area is 158 Å². The second kappa shape index (κ2) is 8.64. The van der Waals surface area contributed by atoms with Crippen LogP contribution in [0.2, 0.25) is 0 Å². The first kappa shape index (κ1) is 18.8. The molecule has 0 radical (unpaired) electrons. The van der Waals surface area contributed by atoms with E-state index in [-0.39, 0.29) is 16.5 Å². The molecule has 0 bridgehead atoms. The molecule has 0 saturated carbocycles. The molecule has 0 aliphatic carbocycles. The summed E-state index contributed by atoms with van der Waals surface area (Å²) in [5, 5.41) is 14.1. The summed E-state index contributed by atoms with van der Waals surface area (Å²) in [4.78, 5) is 27.1. The van der Waals surface area contributed by atoms with Crippen LogP contribution >= 0.6 is 0 Å². The normalized spacial score (nSPS) is 14.8. The molecule has 2 aromatic rings. The fraction of sp³-hybridized carbons (Fsp3) is 0.350. The number of amides is 1. The lowest BCUT2D eigenvalue weighted by Gasteiger charge is -2.35. The van der Waals surface area contributed by atoms with Gasteiger partial charge in [-0.25, -0.2) is 0 Å². The van der Waals surface area contributed by atoms with E-state index in [0.29, 0.717) is 45.0 Å². The summed E-state index contributed by atoms with van der Waals surface area (Å²) in [5.74, 6) is -0.00489. The SMILES string of the molecule is Cc1ccc(CNC(=O)CN2CCN(c3ccccc3[N+](=O)[O-])CC2)cc1. The molecule has 7 heteroatoms. The van der Waals surface area contributed by atoms with Crippen molar-refractivity contribution in [1.29, 1.82) is 0 Å². The molecule has 27 heavy (non-hydrogen) atoms. The third-order valence-electron chi connectivity index (χ3n) is 4.77. The van der Waals surface area contributed by atoms with Gasteiger partial charge in [-0.15, -0.1) is 0 Å². The van der Waals surface area contributed by atoms with E-state index in [1.807, 2.05) is 42.2 Å². The number of nitrogens with one attached hydrogen (secondary N) is 1. The summed E-state index contributed by atoms with van der Waals surface area (Å²) in [7, 11) is 0. The molecule has 0 aromatic heterocycles. The summed E-state index contributed by atoms with van der Waals surface area (Å²) in [5.41, 5.74) is 3.05. The highest BCUT2D eigenvalue weighted by molar-refractivity contribution is 5.78. The molecule has 7 nitrogen and oxygen atoms in total. The van der Waals surface area contributed by atoms with Crippen molar-refractivity contribution in [3.8, 4) is 0 Å². The van der Waals surface area contributed by atoms with E-state index >= 15 is 0 Å². The number of hydrogen-bond donors (Lipinski definition) is 1. The molecule has 1 aliphatic heterocycles. The zero-order valence-electron chi connectivity index (χ0n) is 15.4. The van der Waals surface area contributed by atoms with Crippen molar-refractivity contribution in [1.82, 2.24) is 10.2 Å². The smallest absolute Gasteiger partial charge is 0.292 e. The van der Waals surface area contributed by atoms with Crippen molar-refractivity contribution in [2.24, 2.45) is 0 Å². The van der Waals surface area contributed by atoms with Crippen LogP contribution in [0, 0.1) is 17.0 Å². The molecule has 1 fully saturated rings. The maximum absolute atomic E-state index is 12.2. The van der Waals surface area contributed by atoms with Gasteiger partial charge in [0.2, 0.25) is 5.91 Å². The standard InChI is InChI=1S/C20H24N4O3/c1-16-6-8-17(9-7-16)14-21-20(25)15-22-10-12-23(13-11-22)18-4-2-3-5-19(18)24(26)27/h2-9H,10-15H2,1H3,(H,21,25). The summed E-state index contributed by atoms with van der Waals surface area (Å²) >= 11 is 0. The molecule has 1 amide bonds. The number of nitrogens with zero attached hydrogens (tertiary/aromatic N) is 3. The Hall–Kier alpha value is -2.93. The summed E-state index contributed by atoms with van der Waals surface area (Å²) in [6, 6.07) is 14.9. The van der Waals surface area contributed by atoms with Crippen molar-refractivity contribution in [3.63, 3.8) is 0 Å². The van der Waals surface area contributed by atoms with Crippen LogP contribution in [0.5, 0.6) is 0 Å². The lowest BCUT2D eigenvalue weighted by molar-refractivity contribution is -0.384. The Morgan fingerprint density at radius 1 is 1.07 bits per heavy atom. The van der Waals surface area contributed by atoms with Gasteiger partial charge in [0.1, 0.15) is 5.69 Å². The number of carbonyl (C=O) groups excluding carboxylic acids is 1. The van der Waals surface area contributed by atoms with E-state index in [1.54, 1.807) is 12.1 Å². The zero-order chi connectivity index (χ0) is 19.2. The first-order valence-corrected chi connectivity index (χ1v) is 9.06. The van der Waals surface area contributed by atoms with Gasteiger partial charge >= 0.3 is 0 Å². The van der Waals surface area contributed by atoms with Crippen molar-refractivity contribution in [2.45, 2.75) is 13.5 Å². The number of piperazine rings is 1. The maximum atomic E-state index is 12.2. The number of nitro groups is 1. The van der Waals surface area contributed by atoms with Crippen LogP contribution in [0.15, 0.2) is 48.5 Å². The van der Waals surface area contributed by atoms with Gasteiger partial charge in [0.05, 0.1) is 11.5 Å². The van der Waals surface area contributed by atoms with E-state index in [1.165, 1.54) is 11.6 Å². The molecule has 0 spiro atoms. The molecular formula is C20H24N4O3. The quantitative estimate of drug-likeness (QED) is 0.625. The predicted octanol–water partition coefficient (Wildman–Crippen LogP) is 2.34. The minimum Gasteiger partial charge on any atom is -0.363 e. The highest BCUT2D eigenvalue weighted by Gasteiger charge is 2.24. The van der Waals surface area contributed by atoms with Gasteiger partial charge in [0, 0.05) is 38.8 Å². The van der Waals surface area contributed by atoms with Gasteiger partial charge < -0.3 is 10.2 Å². The molecule has 1 N–H and O–H groups in total. The van der Waals surface area contributed by atoms with Crippen LogP contribution in [-0.4, -0.2) is 48.5 Å². The fourth-order valence-electron chi connectivity index (χ4n) is 3.20. The Morgan fingerprint density at radius 2 is 1.74 bits per heavy atom. The second-order valence-electron chi connectivity index (χ2n) is 6.77. The molecule has 1 heterocycles. The van der Waals surface area contributed by atoms with E-state index in [9.17, 15) is 14.9 Å². The molecular weight excluding hydrogens is 344 g/mol. The highest BCUT2D eigenvalue weighted by Crippen LogP contribution is 2.28. The number of nitro benzene ring substituents is 1. The Morgan fingerprint density at radius 3 is 2.41 bits per heavy atom. The number of anilines is 1. The van der Waals surface area contributed by atoms with Crippen LogP contribution in [0.3, 0.4) is 0 Å². The van der Waals surface area contributed by atoms with Crippen LogP contribution in [0.25, 0.3) is 0 Å². The van der Waals surface area contributed by atoms with E-state index in [2.05, 4.69) is 10.2 Å². The monoisotopic (exact) mass is 368 g/mol. The Balaban J connectivity index is 1.47. The number of hydrogen-bond acceptors (Lipinski definition) is 5. The van der Waals surface area contributed by atoms with Crippen molar-refractivity contribution in [2.75, 3.05) is 37.6 Å². The van der Waals surface area contributed by atoms with Gasteiger partial charge in [0.25, 0.3) is 5.69 Å². The van der Waals surface area contributed by atoms with E-state index in [0.717, 1.165) is 5.56 Å². The van der Waals surface area contributed by atoms with Gasteiger partial charge in [-0.1, -0.05) is 42.0 Å². The van der Waals surface area contributed by atoms with Crippen molar-refractivity contribution < 1.29 is 9.72 Å². The number of aryl methyl sites for hydroxylation is 1. The fourth-order valence-corrected chi connectivity index (χ4v) is 3.20. The summed E-state index contributed by atoms with van der Waals surface area (Å²) in [6.07, 6.45) is 0. The molecule has 0 atom stereocenters. The number of carbonyl (C=O) groups is 1. The first-order chi connectivity index (χ1) is 13.0. The van der Waals surface area contributed by atoms with Gasteiger partial charge in [-0.2, -0.15) is 0 Å². The third-order valence-corrected chi connectivity index (χ3v) is 4.77. The third kappa shape index (κ3) is 5.04. The largest absolute Gasteiger partial charge is 0.363 e. The van der Waals surface area contributed by atoms with E-state index < -0.39 is 0 Å². The van der Waals surface area contributed by atoms with E-state index in [4.69, 9.17) is 0 Å². The topological polar surface area (TPSA) is 78.7 Å². The molecule has 1 saturated heterocycles. The minimum atomic E-state index is -0.347. The van der Waals surface area contributed by atoms with Crippen LogP contribution in [-0.2, 0) is 11.3 Å². The van der Waals surface area contributed by atoms with Crippen molar-refractivity contribution >= 4 is 17.3 Å². The Kier molecular flexibility index (Phi) is 6.03. The van der Waals surface area contributed by atoms with Gasteiger partial charge in [-0.05, 0) is 18.6 Å². The van der Waals surface area contributed by atoms with Crippen LogP contribution in [0.4, 0.5) is 11.4 Å². The lowest BCUT2D eigenvalue weighted by Crippen LogP contribution is -2.49. The van der Waals surface area contributed by atoms with Crippen molar-refractivity contribution in [3.05, 3.63) is 69.8 Å². The average molecular weight is 368 g/mol. The zero-order valence-corrected chi connectivity index (χ0v) is 15.4. The predicted molar refractivity (Wildman–Crippen MR) is 105 cm³/mol. The summed E-state index contributed by atoms with van der Waals surface area (Å²) in [6.45, 7) is 5.62. The van der Waals surface area contributed by atoms with Crippen LogP contribution in [0.1, 0.15) is 11.1 Å². The van der Waals surface area contributed by atoms with Gasteiger partial charge in [0.15, 0.2) is 0 Å². The Bertz CT molecular complexity index is 799. The highest BCUT2D eigenvalue weighted by atomic mass is 16.6. The number of rotatable bonds is 6. The molecule has 1 aliphatic rings. The molecule has 2 aromatic carbocycles. The number of benzene rings is 2. The average Bonchev–Trinajstić information content (AvgIpc) is 2.68. The molecule has 142 valence electrons. The van der Waals surface area contributed by atoms with Gasteiger partial charge in [-0.3, -0.25) is 19.8 Å². The molecule has 3 rings (SSSR count). The minimum absolute atomic E-state index is 0.00489. The lowest BCUT2D eigenvalue weighted by atomic mass is 10.1. The van der Waals surface area contributed by atoms with Crippen LogP contribution < -0.4 is 10.2 Å². The summed E-state index contributed by atoms with van der Waals surface area (Å²) < 4.78 is 0. The molecule has 0 unspecified atom stereocenters. The maximum Gasteiger partial charge on any atom is 0.292 e. The second-order valence-corrected chi connectivity index (χ2v) is 6.77.